The molecule has 0 atom stereocenters. The second kappa shape index (κ2) is 8.17. The summed E-state index contributed by atoms with van der Waals surface area (Å²) in [6, 6.07) is 0. The molecule has 1 aliphatic heterocycles. The van der Waals surface area contributed by atoms with E-state index in [4.69, 9.17) is 15.2 Å². The van der Waals surface area contributed by atoms with Gasteiger partial charge in [0.05, 0.1) is 7.11 Å². The van der Waals surface area contributed by atoms with Crippen LogP contribution < -0.4 is 15.9 Å². The maximum atomic E-state index is 12.0. The zero-order valence-corrected chi connectivity index (χ0v) is 16.4. The standard InChI is InChI=1S/C18H22N6O5/c1-9(5-7-13(25)21-24-18(19)20-22-23-24)4-6-11-15(26)14-12(8-29-17(14)27)10(2)16(11)28-3/h4,26H,5-8H2,1-3H3,(H,21,25)(H2,19,20,23)/b9-4+. The van der Waals surface area contributed by atoms with Crippen LogP contribution in [0, 0.1) is 6.92 Å². The number of esters is 1. The van der Waals surface area contributed by atoms with Crippen molar-refractivity contribution in [2.24, 2.45) is 0 Å². The molecule has 1 amide bonds. The molecule has 11 nitrogen and oxygen atoms in total. The summed E-state index contributed by atoms with van der Waals surface area (Å²) in [4.78, 5) is 24.9. The first kappa shape index (κ1) is 20.1. The first-order valence-electron chi connectivity index (χ1n) is 8.91. The lowest BCUT2D eigenvalue weighted by Gasteiger charge is -2.15. The SMILES string of the molecule is COc1c(C)c2c(c(O)c1C/C=C(\C)CCC(=O)Nn1nnnc1N)C(=O)OC2. The monoisotopic (exact) mass is 402 g/mol. The molecule has 1 aromatic heterocycles. The van der Waals surface area contributed by atoms with Gasteiger partial charge in [-0.15, -0.1) is 4.79 Å². The Kier molecular flexibility index (Phi) is 5.66. The highest BCUT2D eigenvalue weighted by molar-refractivity contribution is 5.98. The van der Waals surface area contributed by atoms with Crippen molar-refractivity contribution < 1.29 is 24.2 Å². The molecule has 29 heavy (non-hydrogen) atoms. The quantitative estimate of drug-likeness (QED) is 0.454. The first-order chi connectivity index (χ1) is 13.8. The Hall–Kier alpha value is -3.63. The third-order valence-electron chi connectivity index (χ3n) is 4.77. The fraction of sp³-hybridized carbons (Fsp3) is 0.389. The number of carbonyl (C=O) groups is 2. The molecule has 4 N–H and O–H groups in total. The predicted molar refractivity (Wildman–Crippen MR) is 102 cm³/mol. The number of cyclic esters (lactones) is 1. The molecule has 1 aliphatic rings. The second-order valence-electron chi connectivity index (χ2n) is 6.65. The summed E-state index contributed by atoms with van der Waals surface area (Å²) in [6.07, 6.45) is 2.88. The van der Waals surface area contributed by atoms with Gasteiger partial charge in [-0.2, -0.15) is 0 Å². The third-order valence-corrected chi connectivity index (χ3v) is 4.77. The summed E-state index contributed by atoms with van der Waals surface area (Å²) < 4.78 is 10.5. The molecule has 0 fully saturated rings. The topological polar surface area (TPSA) is 154 Å². The van der Waals surface area contributed by atoms with Crippen LogP contribution in [0.2, 0.25) is 0 Å². The highest BCUT2D eigenvalue weighted by Crippen LogP contribution is 2.42. The number of nitrogens with zero attached hydrogens (tertiary/aromatic N) is 4. The fourth-order valence-corrected chi connectivity index (χ4v) is 3.16. The predicted octanol–water partition coefficient (Wildman–Crippen LogP) is 0.988. The molecule has 0 spiro atoms. The number of benzene rings is 1. The summed E-state index contributed by atoms with van der Waals surface area (Å²) in [7, 11) is 1.51. The summed E-state index contributed by atoms with van der Waals surface area (Å²) in [5, 5.41) is 21.0. The number of phenolic OH excluding ortho intramolecular Hbond substituents is 1. The number of hydrogen-bond acceptors (Lipinski definition) is 9. The van der Waals surface area contributed by atoms with Gasteiger partial charge in [0.2, 0.25) is 5.91 Å². The number of aromatic hydroxyl groups is 1. The largest absolute Gasteiger partial charge is 0.507 e. The number of fused-ring (bicyclic) bond motifs is 1. The van der Waals surface area contributed by atoms with Gasteiger partial charge in [0.25, 0.3) is 5.95 Å². The smallest absolute Gasteiger partial charge is 0.342 e. The Balaban J connectivity index is 1.70. The van der Waals surface area contributed by atoms with E-state index in [0.29, 0.717) is 29.7 Å². The van der Waals surface area contributed by atoms with Crippen molar-refractivity contribution in [1.29, 1.82) is 0 Å². The van der Waals surface area contributed by atoms with Gasteiger partial charge in [-0.1, -0.05) is 16.7 Å². The van der Waals surface area contributed by atoms with Crippen molar-refractivity contribution in [2.75, 3.05) is 18.3 Å². The van der Waals surface area contributed by atoms with E-state index >= 15 is 0 Å². The highest BCUT2D eigenvalue weighted by Gasteiger charge is 2.31. The zero-order valence-electron chi connectivity index (χ0n) is 16.4. The maximum absolute atomic E-state index is 12.0. The number of nitrogen functional groups attached to an aromatic ring is 1. The van der Waals surface area contributed by atoms with E-state index in [1.165, 1.54) is 7.11 Å². The number of amides is 1. The lowest BCUT2D eigenvalue weighted by atomic mass is 9.94. The van der Waals surface area contributed by atoms with Crippen LogP contribution in [0.3, 0.4) is 0 Å². The lowest BCUT2D eigenvalue weighted by Crippen LogP contribution is -2.25. The molecule has 0 radical (unpaired) electrons. The molecule has 11 heteroatoms. The van der Waals surface area contributed by atoms with Crippen LogP contribution in [0.1, 0.15) is 46.8 Å². The summed E-state index contributed by atoms with van der Waals surface area (Å²) in [6.45, 7) is 3.82. The molecule has 0 aliphatic carbocycles. The summed E-state index contributed by atoms with van der Waals surface area (Å²) in [5.74, 6) is -0.452. The number of rotatable bonds is 7. The van der Waals surface area contributed by atoms with Crippen molar-refractivity contribution in [2.45, 2.75) is 39.7 Å². The Morgan fingerprint density at radius 3 is 2.86 bits per heavy atom. The Bertz CT molecular complexity index is 997. The molecular weight excluding hydrogens is 380 g/mol. The van der Waals surface area contributed by atoms with Crippen LogP contribution in [0.5, 0.6) is 11.5 Å². The van der Waals surface area contributed by atoms with E-state index in [0.717, 1.165) is 15.9 Å². The van der Waals surface area contributed by atoms with Crippen molar-refractivity contribution in [3.05, 3.63) is 33.9 Å². The average Bonchev–Trinajstić information content (AvgIpc) is 3.27. The minimum absolute atomic E-state index is 0.0151. The van der Waals surface area contributed by atoms with Gasteiger partial charge < -0.3 is 20.3 Å². The van der Waals surface area contributed by atoms with Crippen LogP contribution in [-0.2, 0) is 22.6 Å². The zero-order chi connectivity index (χ0) is 21.1. The summed E-state index contributed by atoms with van der Waals surface area (Å²) in [5.41, 5.74) is 11.0. The lowest BCUT2D eigenvalue weighted by molar-refractivity contribution is -0.117. The number of ether oxygens (including phenoxy) is 2. The normalized spacial score (nSPS) is 13.2. The maximum Gasteiger partial charge on any atom is 0.342 e. The van der Waals surface area contributed by atoms with Crippen LogP contribution in [0.4, 0.5) is 5.95 Å². The number of carbonyl (C=O) groups excluding carboxylic acids is 2. The molecule has 1 aromatic carbocycles. The van der Waals surface area contributed by atoms with E-state index in [1.807, 2.05) is 19.9 Å². The molecule has 0 saturated carbocycles. The van der Waals surface area contributed by atoms with Gasteiger partial charge in [-0.05, 0) is 42.7 Å². The number of methoxy groups -OCH3 is 1. The number of aromatic nitrogens is 4. The number of nitrogens with one attached hydrogen (secondary N) is 1. The van der Waals surface area contributed by atoms with Crippen molar-refractivity contribution >= 4 is 17.8 Å². The molecule has 154 valence electrons. The molecule has 2 heterocycles. The van der Waals surface area contributed by atoms with E-state index in [1.54, 1.807) is 0 Å². The van der Waals surface area contributed by atoms with Gasteiger partial charge in [0, 0.05) is 17.5 Å². The van der Waals surface area contributed by atoms with Crippen LogP contribution in [0.15, 0.2) is 11.6 Å². The minimum Gasteiger partial charge on any atom is -0.507 e. The van der Waals surface area contributed by atoms with Gasteiger partial charge >= 0.3 is 5.97 Å². The Labute approximate surface area is 166 Å². The summed E-state index contributed by atoms with van der Waals surface area (Å²) >= 11 is 0. The molecule has 0 saturated heterocycles. The first-order valence-corrected chi connectivity index (χ1v) is 8.91. The molecule has 2 aromatic rings. The van der Waals surface area contributed by atoms with Gasteiger partial charge in [0.15, 0.2) is 0 Å². The molecule has 0 unspecified atom stereocenters. The van der Waals surface area contributed by atoms with Gasteiger partial charge in [-0.3, -0.25) is 4.79 Å². The van der Waals surface area contributed by atoms with Gasteiger partial charge in [0.1, 0.15) is 23.7 Å². The van der Waals surface area contributed by atoms with Gasteiger partial charge in [-0.25, -0.2) is 10.2 Å². The number of allylic oxidation sites excluding steroid dienone is 2. The van der Waals surface area contributed by atoms with E-state index in [9.17, 15) is 14.7 Å². The Morgan fingerprint density at radius 2 is 2.21 bits per heavy atom. The van der Waals surface area contributed by atoms with Crippen LogP contribution in [0.25, 0.3) is 0 Å². The van der Waals surface area contributed by atoms with E-state index < -0.39 is 5.97 Å². The van der Waals surface area contributed by atoms with Crippen LogP contribution in [-0.4, -0.2) is 44.4 Å². The van der Waals surface area contributed by atoms with Crippen molar-refractivity contribution in [3.63, 3.8) is 0 Å². The number of anilines is 1. The third kappa shape index (κ3) is 3.98. The number of nitrogens with two attached hydrogens (primary N) is 1. The van der Waals surface area contributed by atoms with Crippen molar-refractivity contribution in [3.8, 4) is 11.5 Å². The molecular formula is C18H22N6O5. The number of hydrogen-bond donors (Lipinski definition) is 3. The fourth-order valence-electron chi connectivity index (χ4n) is 3.16. The molecule has 3 rings (SSSR count). The average molecular weight is 402 g/mol. The molecule has 0 bridgehead atoms. The minimum atomic E-state index is -0.538. The Morgan fingerprint density at radius 1 is 1.45 bits per heavy atom. The number of phenols is 1. The highest BCUT2D eigenvalue weighted by atomic mass is 16.5. The number of tetrazole rings is 1. The van der Waals surface area contributed by atoms with E-state index in [2.05, 4.69) is 21.0 Å². The second-order valence-corrected chi connectivity index (χ2v) is 6.65. The van der Waals surface area contributed by atoms with E-state index in [-0.39, 0.29) is 36.2 Å². The van der Waals surface area contributed by atoms with Crippen molar-refractivity contribution in [1.82, 2.24) is 20.3 Å². The van der Waals surface area contributed by atoms with Crippen LogP contribution >= 0.6 is 0 Å².